The number of hydrogen-bond donors (Lipinski definition) is 1. The standard InChI is InChI=1S/C17H28N2S/c1-3-14-5-4-11-19(12-10-14)17(13-18)15-6-8-16(20-2)9-7-15/h6-9,14,17H,3-5,10-13,18H2,1-2H3. The molecule has 0 amide bonds. The molecule has 2 N–H and O–H groups in total. The van der Waals surface area contributed by atoms with E-state index < -0.39 is 0 Å². The van der Waals surface area contributed by atoms with Crippen LogP contribution in [0.25, 0.3) is 0 Å². The molecule has 2 atom stereocenters. The van der Waals surface area contributed by atoms with Gasteiger partial charge in [-0.2, -0.15) is 0 Å². The molecule has 20 heavy (non-hydrogen) atoms. The third-order valence-corrected chi connectivity index (χ3v) is 5.37. The maximum atomic E-state index is 6.08. The fourth-order valence-corrected chi connectivity index (χ4v) is 3.64. The Labute approximate surface area is 128 Å². The molecule has 1 fully saturated rings. The molecule has 1 aliphatic rings. The molecule has 112 valence electrons. The highest BCUT2D eigenvalue weighted by molar-refractivity contribution is 7.98. The minimum Gasteiger partial charge on any atom is -0.329 e. The topological polar surface area (TPSA) is 29.3 Å². The Hall–Kier alpha value is -0.510. The van der Waals surface area contributed by atoms with Crippen molar-refractivity contribution in [2.45, 2.75) is 43.5 Å². The number of benzene rings is 1. The summed E-state index contributed by atoms with van der Waals surface area (Å²) in [5, 5.41) is 0. The van der Waals surface area contributed by atoms with E-state index in [0.29, 0.717) is 6.04 Å². The van der Waals surface area contributed by atoms with Gasteiger partial charge in [0.2, 0.25) is 0 Å². The van der Waals surface area contributed by atoms with Crippen molar-refractivity contribution in [2.75, 3.05) is 25.9 Å². The predicted molar refractivity (Wildman–Crippen MR) is 89.2 cm³/mol. The highest BCUT2D eigenvalue weighted by Gasteiger charge is 2.22. The van der Waals surface area contributed by atoms with Gasteiger partial charge in [0, 0.05) is 17.5 Å². The van der Waals surface area contributed by atoms with Crippen molar-refractivity contribution >= 4 is 11.8 Å². The third kappa shape index (κ3) is 4.00. The first-order valence-corrected chi connectivity index (χ1v) is 9.09. The first-order chi connectivity index (χ1) is 9.78. The van der Waals surface area contributed by atoms with Gasteiger partial charge in [0.25, 0.3) is 0 Å². The van der Waals surface area contributed by atoms with Crippen LogP contribution in [0, 0.1) is 5.92 Å². The molecule has 0 aromatic heterocycles. The Morgan fingerprint density at radius 2 is 2.00 bits per heavy atom. The summed E-state index contributed by atoms with van der Waals surface area (Å²) in [7, 11) is 0. The fourth-order valence-electron chi connectivity index (χ4n) is 3.23. The number of hydrogen-bond acceptors (Lipinski definition) is 3. The molecule has 0 radical (unpaired) electrons. The maximum Gasteiger partial charge on any atom is 0.0470 e. The number of thioether (sulfide) groups is 1. The average Bonchev–Trinajstić information content (AvgIpc) is 2.74. The zero-order valence-electron chi connectivity index (χ0n) is 12.8. The molecule has 1 aromatic rings. The summed E-state index contributed by atoms with van der Waals surface area (Å²) in [4.78, 5) is 3.93. The zero-order valence-corrected chi connectivity index (χ0v) is 13.7. The average molecular weight is 292 g/mol. The van der Waals surface area contributed by atoms with Gasteiger partial charge in [0.15, 0.2) is 0 Å². The monoisotopic (exact) mass is 292 g/mol. The van der Waals surface area contributed by atoms with Crippen molar-refractivity contribution in [1.82, 2.24) is 4.90 Å². The van der Waals surface area contributed by atoms with Gasteiger partial charge in [-0.25, -0.2) is 0 Å². The number of likely N-dealkylation sites (tertiary alicyclic amines) is 1. The Kier molecular flexibility index (Phi) is 6.40. The van der Waals surface area contributed by atoms with Gasteiger partial charge in [-0.3, -0.25) is 4.90 Å². The summed E-state index contributed by atoms with van der Waals surface area (Å²) in [6.07, 6.45) is 7.47. The first kappa shape index (κ1) is 15.9. The van der Waals surface area contributed by atoms with E-state index in [-0.39, 0.29) is 0 Å². The smallest absolute Gasteiger partial charge is 0.0470 e. The molecule has 1 aromatic carbocycles. The Morgan fingerprint density at radius 3 is 2.60 bits per heavy atom. The lowest BCUT2D eigenvalue weighted by Crippen LogP contribution is -2.34. The molecule has 3 heteroatoms. The normalized spacial score (nSPS) is 22.4. The summed E-state index contributed by atoms with van der Waals surface area (Å²) in [6.45, 7) is 5.44. The summed E-state index contributed by atoms with van der Waals surface area (Å²) in [5.41, 5.74) is 7.45. The fraction of sp³-hybridized carbons (Fsp3) is 0.647. The first-order valence-electron chi connectivity index (χ1n) is 7.86. The lowest BCUT2D eigenvalue weighted by molar-refractivity contribution is 0.206. The highest BCUT2D eigenvalue weighted by Crippen LogP contribution is 2.28. The van der Waals surface area contributed by atoms with E-state index in [1.165, 1.54) is 49.2 Å². The van der Waals surface area contributed by atoms with E-state index in [2.05, 4.69) is 42.3 Å². The molecule has 2 unspecified atom stereocenters. The summed E-state index contributed by atoms with van der Waals surface area (Å²) < 4.78 is 0. The number of nitrogens with two attached hydrogens (primary N) is 1. The minimum absolute atomic E-state index is 0.390. The van der Waals surface area contributed by atoms with Gasteiger partial charge < -0.3 is 5.73 Å². The molecule has 1 aliphatic heterocycles. The second-order valence-corrected chi connectivity index (χ2v) is 6.65. The van der Waals surface area contributed by atoms with E-state index >= 15 is 0 Å². The van der Waals surface area contributed by atoms with E-state index in [9.17, 15) is 0 Å². The zero-order chi connectivity index (χ0) is 14.4. The van der Waals surface area contributed by atoms with Gasteiger partial charge in [-0.1, -0.05) is 25.5 Å². The molecule has 0 aliphatic carbocycles. The van der Waals surface area contributed by atoms with Crippen molar-refractivity contribution in [1.29, 1.82) is 0 Å². The Morgan fingerprint density at radius 1 is 1.25 bits per heavy atom. The molecule has 0 spiro atoms. The molecule has 2 nitrogen and oxygen atoms in total. The van der Waals surface area contributed by atoms with Crippen LogP contribution in [0.5, 0.6) is 0 Å². The van der Waals surface area contributed by atoms with Crippen LogP contribution in [0.15, 0.2) is 29.2 Å². The highest BCUT2D eigenvalue weighted by atomic mass is 32.2. The Balaban J connectivity index is 2.06. The Bertz CT molecular complexity index is 390. The molecular formula is C17H28N2S. The van der Waals surface area contributed by atoms with Crippen molar-refractivity contribution in [3.05, 3.63) is 29.8 Å². The summed E-state index contributed by atoms with van der Waals surface area (Å²) in [6, 6.07) is 9.34. The molecular weight excluding hydrogens is 264 g/mol. The van der Waals surface area contributed by atoms with E-state index in [1.54, 1.807) is 11.8 Å². The van der Waals surface area contributed by atoms with Crippen LogP contribution in [-0.2, 0) is 0 Å². The van der Waals surface area contributed by atoms with Crippen molar-refractivity contribution in [2.24, 2.45) is 11.7 Å². The van der Waals surface area contributed by atoms with Crippen LogP contribution in [0.2, 0.25) is 0 Å². The maximum absolute atomic E-state index is 6.08. The van der Waals surface area contributed by atoms with Crippen molar-refractivity contribution in [3.8, 4) is 0 Å². The van der Waals surface area contributed by atoms with Crippen LogP contribution >= 0.6 is 11.8 Å². The largest absolute Gasteiger partial charge is 0.329 e. The molecule has 2 rings (SSSR count). The number of nitrogens with zero attached hydrogens (tertiary/aromatic N) is 1. The van der Waals surface area contributed by atoms with Gasteiger partial charge in [-0.15, -0.1) is 11.8 Å². The SMILES string of the molecule is CCC1CCCN(C(CN)c2ccc(SC)cc2)CC1. The molecule has 0 bridgehead atoms. The summed E-state index contributed by atoms with van der Waals surface area (Å²) in [5.74, 6) is 0.914. The lowest BCUT2D eigenvalue weighted by Gasteiger charge is -2.30. The summed E-state index contributed by atoms with van der Waals surface area (Å²) >= 11 is 1.79. The molecule has 1 saturated heterocycles. The van der Waals surface area contributed by atoms with Gasteiger partial charge in [-0.05, 0) is 62.2 Å². The van der Waals surface area contributed by atoms with Crippen LogP contribution in [-0.4, -0.2) is 30.8 Å². The quantitative estimate of drug-likeness (QED) is 0.834. The van der Waals surface area contributed by atoms with Gasteiger partial charge in [0.05, 0.1) is 0 Å². The van der Waals surface area contributed by atoms with Crippen LogP contribution in [0.4, 0.5) is 0 Å². The van der Waals surface area contributed by atoms with E-state index in [1.807, 2.05) is 0 Å². The van der Waals surface area contributed by atoms with E-state index in [0.717, 1.165) is 12.5 Å². The van der Waals surface area contributed by atoms with Gasteiger partial charge >= 0.3 is 0 Å². The molecule has 1 heterocycles. The van der Waals surface area contributed by atoms with Crippen LogP contribution < -0.4 is 5.73 Å². The van der Waals surface area contributed by atoms with Crippen molar-refractivity contribution in [3.63, 3.8) is 0 Å². The lowest BCUT2D eigenvalue weighted by atomic mass is 9.98. The second-order valence-electron chi connectivity index (χ2n) is 5.77. The third-order valence-electron chi connectivity index (χ3n) is 4.62. The van der Waals surface area contributed by atoms with Gasteiger partial charge in [0.1, 0.15) is 0 Å². The van der Waals surface area contributed by atoms with E-state index in [4.69, 9.17) is 5.73 Å². The number of rotatable bonds is 5. The predicted octanol–water partition coefficient (Wildman–Crippen LogP) is 3.92. The van der Waals surface area contributed by atoms with Crippen LogP contribution in [0.3, 0.4) is 0 Å². The van der Waals surface area contributed by atoms with Crippen molar-refractivity contribution < 1.29 is 0 Å². The second kappa shape index (κ2) is 8.06. The molecule has 0 saturated carbocycles. The minimum atomic E-state index is 0.390. The van der Waals surface area contributed by atoms with Crippen LogP contribution in [0.1, 0.15) is 44.2 Å².